The van der Waals surface area contributed by atoms with E-state index in [0.29, 0.717) is 0 Å². The van der Waals surface area contributed by atoms with E-state index >= 15 is 0 Å². The van der Waals surface area contributed by atoms with Crippen molar-refractivity contribution in [2.24, 2.45) is 0 Å². The Morgan fingerprint density at radius 1 is 1.25 bits per heavy atom. The van der Waals surface area contributed by atoms with Crippen LogP contribution in [0.3, 0.4) is 0 Å². The Labute approximate surface area is 74.6 Å². The van der Waals surface area contributed by atoms with E-state index in [1.54, 1.807) is 12.4 Å². The molecule has 0 atom stereocenters. The monoisotopic (exact) mass is 183 g/mol. The summed E-state index contributed by atoms with van der Waals surface area (Å²) in [4.78, 5) is 7.26. The van der Waals surface area contributed by atoms with Gasteiger partial charge in [-0.05, 0) is 12.4 Å². The van der Waals surface area contributed by atoms with Gasteiger partial charge in [-0.2, -0.15) is 0 Å². The van der Waals surface area contributed by atoms with E-state index in [1.807, 2.05) is 0 Å². The normalized spacial score (nSPS) is 6.00. The molecule has 0 unspecified atom stereocenters. The van der Waals surface area contributed by atoms with Crippen LogP contribution in [0, 0.1) is 13.6 Å². The molecule has 1 aromatic rings. The summed E-state index contributed by atoms with van der Waals surface area (Å²) in [5.41, 5.74) is 0. The number of nitrogens with zero attached hydrogens (tertiary/aromatic N) is 2. The van der Waals surface area contributed by atoms with Crippen LogP contribution in [0.25, 0.3) is 0 Å². The molecule has 1 heterocycles. The Kier molecular flexibility index (Phi) is 9.92. The molecule has 3 heteroatoms. The van der Waals surface area contributed by atoms with Crippen molar-refractivity contribution in [2.75, 3.05) is 0 Å². The average Bonchev–Trinajstić information content (AvgIpc) is 1.72. The van der Waals surface area contributed by atoms with Gasteiger partial charge < -0.3 is 17.4 Å². The fraction of sp³-hybridized carbons (Fsp3) is 0. The Balaban J connectivity index is 0. The van der Waals surface area contributed by atoms with Crippen molar-refractivity contribution in [1.29, 1.82) is 0 Å². The van der Waals surface area contributed by atoms with E-state index in [9.17, 15) is 0 Å². The van der Waals surface area contributed by atoms with Crippen LogP contribution >= 0.6 is 0 Å². The molecule has 0 spiro atoms. The molecule has 0 N–H and O–H groups in total. The maximum Gasteiger partial charge on any atom is 0 e. The van der Waals surface area contributed by atoms with E-state index in [4.69, 9.17) is 0 Å². The standard InChI is InChI=1S/C4H3N2.CH3.Y/c1-2-6-4-3-5-1;;/h1-3H;1H3;/q2*-1;. The molecular weight excluding hydrogens is 177 g/mol. The van der Waals surface area contributed by atoms with Gasteiger partial charge in [-0.15, -0.1) is 12.4 Å². The summed E-state index contributed by atoms with van der Waals surface area (Å²) in [5, 5.41) is 0. The number of hydrogen-bond acceptors (Lipinski definition) is 2. The van der Waals surface area contributed by atoms with Crippen molar-refractivity contribution < 1.29 is 32.7 Å². The van der Waals surface area contributed by atoms with Crippen molar-refractivity contribution in [3.05, 3.63) is 32.2 Å². The van der Waals surface area contributed by atoms with Crippen LogP contribution in [0.4, 0.5) is 0 Å². The SMILES string of the molecule is [CH3-].[Y].[c-]1cnccn1. The van der Waals surface area contributed by atoms with E-state index in [-0.39, 0.29) is 40.1 Å². The van der Waals surface area contributed by atoms with Gasteiger partial charge >= 0.3 is 0 Å². The van der Waals surface area contributed by atoms with Crippen LogP contribution in [0.1, 0.15) is 0 Å². The van der Waals surface area contributed by atoms with Gasteiger partial charge in [0.25, 0.3) is 0 Å². The fourth-order valence-corrected chi connectivity index (χ4v) is 0.225. The van der Waals surface area contributed by atoms with Crippen LogP contribution < -0.4 is 0 Å². The molecule has 1 radical (unpaired) electrons. The van der Waals surface area contributed by atoms with Crippen molar-refractivity contribution in [3.8, 4) is 0 Å². The second-order valence-corrected chi connectivity index (χ2v) is 0.835. The molecule has 41 valence electrons. The number of rotatable bonds is 0. The minimum Gasteiger partial charge on any atom is -0.456 e. The third-order valence-electron chi connectivity index (χ3n) is 0.434. The molecule has 0 amide bonds. The van der Waals surface area contributed by atoms with Gasteiger partial charge in [-0.1, -0.05) is 0 Å². The maximum atomic E-state index is 3.67. The summed E-state index contributed by atoms with van der Waals surface area (Å²) in [6, 6.07) is 0. The van der Waals surface area contributed by atoms with Gasteiger partial charge in [0, 0.05) is 32.7 Å². The Morgan fingerprint density at radius 2 is 2.00 bits per heavy atom. The summed E-state index contributed by atoms with van der Waals surface area (Å²) >= 11 is 0. The molecule has 0 fully saturated rings. The first-order valence-corrected chi connectivity index (χ1v) is 1.62. The van der Waals surface area contributed by atoms with Gasteiger partial charge in [-0.3, -0.25) is 0 Å². The molecule has 1 rings (SSSR count). The van der Waals surface area contributed by atoms with Crippen LogP contribution in [0.15, 0.2) is 18.6 Å². The summed E-state index contributed by atoms with van der Waals surface area (Å²) < 4.78 is 0. The minimum absolute atomic E-state index is 0. The van der Waals surface area contributed by atoms with Crippen molar-refractivity contribution in [1.82, 2.24) is 9.97 Å². The fourth-order valence-electron chi connectivity index (χ4n) is 0.225. The predicted molar refractivity (Wildman–Crippen MR) is 27.3 cm³/mol. The average molecular weight is 183 g/mol. The maximum absolute atomic E-state index is 3.67. The van der Waals surface area contributed by atoms with Gasteiger partial charge in [0.1, 0.15) is 0 Å². The second-order valence-electron chi connectivity index (χ2n) is 0.835. The van der Waals surface area contributed by atoms with Crippen LogP contribution in [0.5, 0.6) is 0 Å². The Bertz CT molecular complexity index is 82.4. The molecule has 0 saturated carbocycles. The summed E-state index contributed by atoms with van der Waals surface area (Å²) in [6.07, 6.45) is 7.24. The smallest absolute Gasteiger partial charge is 0 e. The second kappa shape index (κ2) is 7.18. The summed E-state index contributed by atoms with van der Waals surface area (Å²) in [7, 11) is 0. The molecule has 0 aliphatic carbocycles. The molecule has 1 aromatic heterocycles. The number of aromatic nitrogens is 2. The quantitative estimate of drug-likeness (QED) is 0.554. The molecule has 0 bridgehead atoms. The van der Waals surface area contributed by atoms with E-state index in [1.165, 1.54) is 6.20 Å². The zero-order valence-electron chi connectivity index (χ0n) is 4.70. The van der Waals surface area contributed by atoms with E-state index in [2.05, 4.69) is 16.2 Å². The van der Waals surface area contributed by atoms with Crippen LogP contribution in [-0.4, -0.2) is 9.97 Å². The first-order chi connectivity index (χ1) is 3.00. The Hall–Kier alpha value is 0.184. The summed E-state index contributed by atoms with van der Waals surface area (Å²) in [5.74, 6) is 0. The van der Waals surface area contributed by atoms with Gasteiger partial charge in [0.2, 0.25) is 0 Å². The van der Waals surface area contributed by atoms with E-state index < -0.39 is 0 Å². The third kappa shape index (κ3) is 4.35. The van der Waals surface area contributed by atoms with Crippen LogP contribution in [-0.2, 0) is 32.7 Å². The molecule has 0 aliphatic rings. The molecular formula is C5H6N2Y-2. The van der Waals surface area contributed by atoms with Gasteiger partial charge in [0.05, 0.1) is 0 Å². The first kappa shape index (κ1) is 11.0. The van der Waals surface area contributed by atoms with Crippen molar-refractivity contribution >= 4 is 0 Å². The third-order valence-corrected chi connectivity index (χ3v) is 0.434. The van der Waals surface area contributed by atoms with Gasteiger partial charge in [0.15, 0.2) is 0 Å². The minimum atomic E-state index is 0. The zero-order chi connectivity index (χ0) is 4.24. The molecule has 8 heavy (non-hydrogen) atoms. The number of hydrogen-bond donors (Lipinski definition) is 0. The molecule has 0 aromatic carbocycles. The van der Waals surface area contributed by atoms with Crippen molar-refractivity contribution in [3.63, 3.8) is 0 Å². The summed E-state index contributed by atoms with van der Waals surface area (Å²) in [6.45, 7) is 0. The topological polar surface area (TPSA) is 25.8 Å². The molecule has 0 saturated heterocycles. The molecule has 2 nitrogen and oxygen atoms in total. The van der Waals surface area contributed by atoms with Gasteiger partial charge in [-0.25, -0.2) is 0 Å². The first-order valence-electron chi connectivity index (χ1n) is 1.62. The largest absolute Gasteiger partial charge is 0.456 e. The van der Waals surface area contributed by atoms with Crippen molar-refractivity contribution in [2.45, 2.75) is 0 Å². The molecule has 0 aliphatic heterocycles. The predicted octanol–water partition coefficient (Wildman–Crippen LogP) is 0.725. The Morgan fingerprint density at radius 3 is 2.12 bits per heavy atom. The van der Waals surface area contributed by atoms with Crippen LogP contribution in [0.2, 0.25) is 0 Å². The zero-order valence-corrected chi connectivity index (χ0v) is 7.54. The van der Waals surface area contributed by atoms with E-state index in [0.717, 1.165) is 0 Å².